The molecule has 3 saturated heterocycles. The van der Waals surface area contributed by atoms with Gasteiger partial charge in [0.2, 0.25) is 0 Å². The molecule has 6 rings (SSSR count). The quantitative estimate of drug-likeness (QED) is 0.556. The fourth-order valence-electron chi connectivity index (χ4n) is 5.14. The summed E-state index contributed by atoms with van der Waals surface area (Å²) in [5.41, 5.74) is 2.66. The second kappa shape index (κ2) is 9.86. The van der Waals surface area contributed by atoms with Crippen LogP contribution in [0.15, 0.2) is 48.5 Å². The standard InChI is InChI=1S/C27H31N3O3S/c1-29(13-14-33-2)27(32)21-7-3-5-19(15-21)22-8-4-6-20-16-24(34-25(20)22)26(31)28-23-17-30-11-9-18(23)10-12-30/h3-8,15-16,18,23H,9-14,17H2,1-2H3,(H,28,31). The van der Waals surface area contributed by atoms with Gasteiger partial charge in [0.25, 0.3) is 11.8 Å². The number of carbonyl (C=O) groups excluding carboxylic acids is 2. The summed E-state index contributed by atoms with van der Waals surface area (Å²) in [6.07, 6.45) is 2.36. The number of methoxy groups -OCH3 is 1. The molecule has 3 aliphatic rings. The maximum absolute atomic E-state index is 13.1. The van der Waals surface area contributed by atoms with Crippen molar-refractivity contribution in [1.82, 2.24) is 15.1 Å². The highest BCUT2D eigenvalue weighted by atomic mass is 32.1. The molecule has 0 radical (unpaired) electrons. The number of nitrogens with zero attached hydrogens (tertiary/aromatic N) is 2. The van der Waals surface area contributed by atoms with Crippen molar-refractivity contribution >= 4 is 33.2 Å². The topological polar surface area (TPSA) is 61.9 Å². The van der Waals surface area contributed by atoms with E-state index in [-0.39, 0.29) is 17.9 Å². The van der Waals surface area contributed by atoms with Crippen LogP contribution in [0.25, 0.3) is 21.2 Å². The molecular formula is C27H31N3O3S. The summed E-state index contributed by atoms with van der Waals surface area (Å²) in [5.74, 6) is 0.589. The molecule has 0 aliphatic carbocycles. The molecule has 6 nitrogen and oxygen atoms in total. The lowest BCUT2D eigenvalue weighted by Gasteiger charge is -2.44. The molecule has 1 atom stereocenters. The van der Waals surface area contributed by atoms with E-state index in [2.05, 4.69) is 16.3 Å². The maximum Gasteiger partial charge on any atom is 0.261 e. The van der Waals surface area contributed by atoms with Crippen LogP contribution >= 0.6 is 11.3 Å². The second-order valence-corrected chi connectivity index (χ2v) is 10.4. The van der Waals surface area contributed by atoms with E-state index < -0.39 is 0 Å². The lowest BCUT2D eigenvalue weighted by Crippen LogP contribution is -2.57. The minimum absolute atomic E-state index is 0.0228. The van der Waals surface area contributed by atoms with Crippen LogP contribution in [0.2, 0.25) is 0 Å². The van der Waals surface area contributed by atoms with Crippen molar-refractivity contribution in [2.75, 3.05) is 46.9 Å². The number of carbonyl (C=O) groups is 2. The Morgan fingerprint density at radius 1 is 1.15 bits per heavy atom. The van der Waals surface area contributed by atoms with Crippen molar-refractivity contribution in [2.45, 2.75) is 18.9 Å². The summed E-state index contributed by atoms with van der Waals surface area (Å²) >= 11 is 1.53. The molecule has 3 fully saturated rings. The lowest BCUT2D eigenvalue weighted by atomic mass is 9.84. The Labute approximate surface area is 204 Å². The molecule has 1 N–H and O–H groups in total. The van der Waals surface area contributed by atoms with Gasteiger partial charge in [-0.2, -0.15) is 0 Å². The summed E-state index contributed by atoms with van der Waals surface area (Å²) in [6, 6.07) is 16.1. The molecule has 3 aliphatic heterocycles. The Morgan fingerprint density at radius 2 is 1.94 bits per heavy atom. The highest BCUT2D eigenvalue weighted by molar-refractivity contribution is 7.21. The van der Waals surface area contributed by atoms with Crippen molar-refractivity contribution in [3.05, 3.63) is 59.0 Å². The predicted octanol–water partition coefficient (Wildman–Crippen LogP) is 4.11. The van der Waals surface area contributed by atoms with Gasteiger partial charge >= 0.3 is 0 Å². The highest BCUT2D eigenvalue weighted by Gasteiger charge is 2.35. The van der Waals surface area contributed by atoms with Gasteiger partial charge in [0.1, 0.15) is 0 Å². The van der Waals surface area contributed by atoms with Gasteiger partial charge in [-0.15, -0.1) is 11.3 Å². The van der Waals surface area contributed by atoms with E-state index in [0.717, 1.165) is 45.7 Å². The maximum atomic E-state index is 13.1. The number of hydrogen-bond acceptors (Lipinski definition) is 5. The van der Waals surface area contributed by atoms with Gasteiger partial charge in [0.15, 0.2) is 0 Å². The van der Waals surface area contributed by atoms with E-state index >= 15 is 0 Å². The first-order chi connectivity index (χ1) is 16.5. The Hall–Kier alpha value is -2.74. The van der Waals surface area contributed by atoms with Gasteiger partial charge in [0.05, 0.1) is 11.5 Å². The number of thiophene rings is 1. The van der Waals surface area contributed by atoms with Gasteiger partial charge in [0, 0.05) is 43.6 Å². The molecule has 178 valence electrons. The van der Waals surface area contributed by atoms with Crippen LogP contribution in [0, 0.1) is 5.92 Å². The van der Waals surface area contributed by atoms with Crippen LogP contribution in [0.1, 0.15) is 32.9 Å². The number of piperidine rings is 3. The molecule has 3 aromatic rings. The number of rotatable bonds is 7. The minimum atomic E-state index is -0.0326. The Kier molecular flexibility index (Phi) is 6.68. The SMILES string of the molecule is COCCN(C)C(=O)c1cccc(-c2cccc3cc(C(=O)NC4CN5CCC4CC5)sc23)c1. The third-order valence-corrected chi connectivity index (χ3v) is 8.32. The van der Waals surface area contributed by atoms with E-state index in [9.17, 15) is 9.59 Å². The van der Waals surface area contributed by atoms with Crippen molar-refractivity contribution < 1.29 is 14.3 Å². The van der Waals surface area contributed by atoms with Crippen LogP contribution in [0.5, 0.6) is 0 Å². The summed E-state index contributed by atoms with van der Waals surface area (Å²) in [6.45, 7) is 4.32. The summed E-state index contributed by atoms with van der Waals surface area (Å²) in [5, 5.41) is 4.36. The Bertz CT molecular complexity index is 1200. The van der Waals surface area contributed by atoms with E-state index in [1.807, 2.05) is 42.5 Å². The van der Waals surface area contributed by atoms with Crippen LogP contribution < -0.4 is 5.32 Å². The molecule has 4 heterocycles. The summed E-state index contributed by atoms with van der Waals surface area (Å²) < 4.78 is 6.16. The number of hydrogen-bond donors (Lipinski definition) is 1. The average molecular weight is 478 g/mol. The zero-order valence-corrected chi connectivity index (χ0v) is 20.6. The molecule has 7 heteroatoms. The number of nitrogens with one attached hydrogen (secondary N) is 1. The van der Waals surface area contributed by atoms with E-state index in [1.54, 1.807) is 19.1 Å². The van der Waals surface area contributed by atoms with E-state index in [4.69, 9.17) is 4.74 Å². The Balaban J connectivity index is 1.39. The molecule has 0 spiro atoms. The highest BCUT2D eigenvalue weighted by Crippen LogP contribution is 2.36. The fourth-order valence-corrected chi connectivity index (χ4v) is 6.24. The predicted molar refractivity (Wildman–Crippen MR) is 137 cm³/mol. The lowest BCUT2D eigenvalue weighted by molar-refractivity contribution is 0.0622. The third-order valence-electron chi connectivity index (χ3n) is 7.14. The van der Waals surface area contributed by atoms with E-state index in [0.29, 0.717) is 24.6 Å². The summed E-state index contributed by atoms with van der Waals surface area (Å²) in [7, 11) is 3.42. The fraction of sp³-hybridized carbons (Fsp3) is 0.407. The van der Waals surface area contributed by atoms with Crippen LogP contribution in [-0.2, 0) is 4.74 Å². The molecule has 2 amide bonds. The van der Waals surface area contributed by atoms with Gasteiger partial charge in [-0.1, -0.05) is 30.3 Å². The average Bonchev–Trinajstić information content (AvgIpc) is 3.32. The number of likely N-dealkylation sites (N-methyl/N-ethyl adjacent to an activating group) is 1. The van der Waals surface area contributed by atoms with Gasteiger partial charge < -0.3 is 19.9 Å². The van der Waals surface area contributed by atoms with Crippen LogP contribution in [-0.4, -0.2) is 74.6 Å². The molecule has 2 aromatic carbocycles. The van der Waals surface area contributed by atoms with E-state index in [1.165, 1.54) is 24.2 Å². The number of benzene rings is 2. The second-order valence-electron chi connectivity index (χ2n) is 9.35. The first kappa shape index (κ1) is 23.0. The molecule has 2 bridgehead atoms. The minimum Gasteiger partial charge on any atom is -0.383 e. The van der Waals surface area contributed by atoms with Crippen LogP contribution in [0.3, 0.4) is 0 Å². The van der Waals surface area contributed by atoms with Gasteiger partial charge in [-0.3, -0.25) is 9.59 Å². The number of amides is 2. The number of fused-ring (bicyclic) bond motifs is 4. The molecule has 0 saturated carbocycles. The normalized spacial score (nSPS) is 21.5. The zero-order valence-electron chi connectivity index (χ0n) is 19.8. The van der Waals surface area contributed by atoms with Gasteiger partial charge in [-0.05, 0) is 66.6 Å². The van der Waals surface area contributed by atoms with Crippen molar-refractivity contribution in [3.8, 4) is 11.1 Å². The molecule has 1 unspecified atom stereocenters. The first-order valence-electron chi connectivity index (χ1n) is 11.9. The third kappa shape index (κ3) is 4.60. The largest absolute Gasteiger partial charge is 0.383 e. The first-order valence-corrected chi connectivity index (χ1v) is 12.8. The molecule has 1 aromatic heterocycles. The van der Waals surface area contributed by atoms with Crippen molar-refractivity contribution in [1.29, 1.82) is 0 Å². The Morgan fingerprint density at radius 3 is 2.68 bits per heavy atom. The smallest absolute Gasteiger partial charge is 0.261 e. The molecule has 34 heavy (non-hydrogen) atoms. The molecular weight excluding hydrogens is 446 g/mol. The zero-order chi connectivity index (χ0) is 23.7. The summed E-state index contributed by atoms with van der Waals surface area (Å²) in [4.78, 5) is 30.8. The number of ether oxygens (including phenoxy) is 1. The van der Waals surface area contributed by atoms with Crippen LogP contribution in [0.4, 0.5) is 0 Å². The monoisotopic (exact) mass is 477 g/mol. The van der Waals surface area contributed by atoms with Crippen molar-refractivity contribution in [2.24, 2.45) is 5.92 Å². The van der Waals surface area contributed by atoms with Gasteiger partial charge in [-0.25, -0.2) is 0 Å². The van der Waals surface area contributed by atoms with Crippen molar-refractivity contribution in [3.63, 3.8) is 0 Å².